The average molecular weight is 548 g/mol. The van der Waals surface area contributed by atoms with E-state index in [2.05, 4.69) is 9.97 Å². The first-order valence-electron chi connectivity index (χ1n) is 11.4. The monoisotopic (exact) mass is 547 g/mol. The molecule has 0 N–H and O–H groups in total. The molecule has 10 nitrogen and oxygen atoms in total. The summed E-state index contributed by atoms with van der Waals surface area (Å²) in [5.41, 5.74) is 1.47. The van der Waals surface area contributed by atoms with Crippen molar-refractivity contribution in [2.75, 3.05) is 50.6 Å². The first-order chi connectivity index (χ1) is 17.6. The van der Waals surface area contributed by atoms with Gasteiger partial charge in [0.05, 0.1) is 48.3 Å². The molecule has 1 aromatic heterocycles. The summed E-state index contributed by atoms with van der Waals surface area (Å²) >= 11 is 6.51. The molecular weight excluding hydrogens is 518 g/mol. The minimum atomic E-state index is -4.27. The minimum Gasteiger partial charge on any atom is -0.493 e. The molecule has 0 spiro atoms. The van der Waals surface area contributed by atoms with Gasteiger partial charge < -0.3 is 19.3 Å². The molecule has 0 saturated carbocycles. The van der Waals surface area contributed by atoms with Crippen LogP contribution in [0.25, 0.3) is 0 Å². The summed E-state index contributed by atoms with van der Waals surface area (Å²) in [6, 6.07) is 9.25. The van der Waals surface area contributed by atoms with E-state index in [1.807, 2.05) is 19.0 Å². The maximum atomic E-state index is 14.0. The number of nitrogens with zero attached hydrogens (tertiary/aromatic N) is 5. The van der Waals surface area contributed by atoms with Crippen molar-refractivity contribution >= 4 is 38.9 Å². The number of hydrogen-bond acceptors (Lipinski definition) is 8. The zero-order valence-electron chi connectivity index (χ0n) is 21.4. The van der Waals surface area contributed by atoms with Crippen LogP contribution in [0, 0.1) is 0 Å². The Balaban J connectivity index is 2.09. The van der Waals surface area contributed by atoms with E-state index in [1.165, 1.54) is 43.5 Å². The van der Waals surface area contributed by atoms with Crippen molar-refractivity contribution in [1.82, 2.24) is 14.9 Å². The van der Waals surface area contributed by atoms with E-state index >= 15 is 0 Å². The van der Waals surface area contributed by atoms with Crippen molar-refractivity contribution in [3.63, 3.8) is 0 Å². The fourth-order valence-corrected chi connectivity index (χ4v) is 5.29. The summed E-state index contributed by atoms with van der Waals surface area (Å²) in [5, 5.41) is 0.180. The van der Waals surface area contributed by atoms with Gasteiger partial charge in [-0.05, 0) is 37.3 Å². The topological polar surface area (TPSA) is 105 Å². The summed E-state index contributed by atoms with van der Waals surface area (Å²) in [6.07, 6.45) is 4.64. The van der Waals surface area contributed by atoms with Gasteiger partial charge in [0.2, 0.25) is 5.91 Å². The first-order valence-corrected chi connectivity index (χ1v) is 13.2. The number of ether oxygens (including phenoxy) is 2. The molecule has 0 aliphatic heterocycles. The number of benzene rings is 2. The third kappa shape index (κ3) is 6.41. The molecule has 0 saturated heterocycles. The standard InChI is InChI=1S/C25H30ClN5O5S/c1-6-30(16-18-15-27-11-12-28-18)25(32)17-31(22-13-19(29(2)3)7-9-21(22)26)37(33,34)20-8-10-23(35-4)24(14-20)36-5/h7-15H,6,16-17H2,1-5H3. The lowest BCUT2D eigenvalue weighted by molar-refractivity contribution is -0.130. The van der Waals surface area contributed by atoms with Crippen molar-refractivity contribution in [1.29, 1.82) is 0 Å². The number of amides is 1. The fraction of sp³-hybridized carbons (Fsp3) is 0.320. The second-order valence-electron chi connectivity index (χ2n) is 8.16. The molecule has 1 heterocycles. The lowest BCUT2D eigenvalue weighted by atomic mass is 10.2. The Morgan fingerprint density at radius 3 is 2.35 bits per heavy atom. The first kappa shape index (κ1) is 28.0. The van der Waals surface area contributed by atoms with E-state index < -0.39 is 22.5 Å². The van der Waals surface area contributed by atoms with Gasteiger partial charge in [-0.2, -0.15) is 0 Å². The van der Waals surface area contributed by atoms with Gasteiger partial charge in [0.25, 0.3) is 10.0 Å². The smallest absolute Gasteiger partial charge is 0.264 e. The van der Waals surface area contributed by atoms with Gasteiger partial charge >= 0.3 is 0 Å². The van der Waals surface area contributed by atoms with Crippen LogP contribution >= 0.6 is 11.6 Å². The van der Waals surface area contributed by atoms with Crippen LogP contribution in [0.15, 0.2) is 59.9 Å². The number of hydrogen-bond donors (Lipinski definition) is 0. The van der Waals surface area contributed by atoms with Crippen LogP contribution in [-0.4, -0.2) is 70.6 Å². The normalized spacial score (nSPS) is 11.1. The van der Waals surface area contributed by atoms with E-state index in [9.17, 15) is 13.2 Å². The number of likely N-dealkylation sites (N-methyl/N-ethyl adjacent to an activating group) is 1. The quantitative estimate of drug-likeness (QED) is 0.359. The molecule has 0 radical (unpaired) electrons. The Bertz CT molecular complexity index is 1340. The molecule has 3 aromatic rings. The van der Waals surface area contributed by atoms with Crippen LogP contribution in [0.2, 0.25) is 5.02 Å². The number of sulfonamides is 1. The Hall–Kier alpha value is -3.57. The number of aromatic nitrogens is 2. The predicted molar refractivity (Wildman–Crippen MR) is 143 cm³/mol. The highest BCUT2D eigenvalue weighted by molar-refractivity contribution is 7.92. The maximum Gasteiger partial charge on any atom is 0.264 e. The summed E-state index contributed by atoms with van der Waals surface area (Å²) in [6.45, 7) is 1.84. The van der Waals surface area contributed by atoms with E-state index in [1.54, 1.807) is 37.5 Å². The van der Waals surface area contributed by atoms with Crippen molar-refractivity contribution in [3.8, 4) is 11.5 Å². The summed E-state index contributed by atoms with van der Waals surface area (Å²) in [7, 11) is 2.26. The van der Waals surface area contributed by atoms with Crippen LogP contribution < -0.4 is 18.7 Å². The number of methoxy groups -OCH3 is 2. The number of anilines is 2. The van der Waals surface area contributed by atoms with E-state index in [0.717, 1.165) is 4.31 Å². The zero-order chi connectivity index (χ0) is 27.2. The Morgan fingerprint density at radius 1 is 1.03 bits per heavy atom. The zero-order valence-corrected chi connectivity index (χ0v) is 23.0. The number of carbonyl (C=O) groups is 1. The summed E-state index contributed by atoms with van der Waals surface area (Å²) in [5.74, 6) is 0.183. The molecular formula is C25H30ClN5O5S. The Labute approximate surface area is 222 Å². The average Bonchev–Trinajstić information content (AvgIpc) is 2.90. The lowest BCUT2D eigenvalue weighted by Gasteiger charge is -2.29. The molecule has 0 fully saturated rings. The van der Waals surface area contributed by atoms with Crippen molar-refractivity contribution in [3.05, 3.63) is 65.7 Å². The highest BCUT2D eigenvalue weighted by Gasteiger charge is 2.31. The molecule has 2 aromatic carbocycles. The molecule has 0 bridgehead atoms. The van der Waals surface area contributed by atoms with E-state index in [0.29, 0.717) is 23.7 Å². The van der Waals surface area contributed by atoms with Crippen LogP contribution in [0.5, 0.6) is 11.5 Å². The highest BCUT2D eigenvalue weighted by atomic mass is 35.5. The fourth-order valence-electron chi connectivity index (χ4n) is 3.58. The van der Waals surface area contributed by atoms with Crippen molar-refractivity contribution in [2.45, 2.75) is 18.4 Å². The van der Waals surface area contributed by atoms with Crippen molar-refractivity contribution in [2.24, 2.45) is 0 Å². The van der Waals surface area contributed by atoms with Gasteiger partial charge in [0, 0.05) is 44.8 Å². The number of rotatable bonds is 11. The molecule has 198 valence electrons. The predicted octanol–water partition coefficient (Wildman–Crippen LogP) is 3.46. The Kier molecular flexibility index (Phi) is 9.17. The molecule has 37 heavy (non-hydrogen) atoms. The largest absolute Gasteiger partial charge is 0.493 e. The third-order valence-electron chi connectivity index (χ3n) is 5.64. The maximum absolute atomic E-state index is 14.0. The van der Waals surface area contributed by atoms with E-state index in [4.69, 9.17) is 21.1 Å². The molecule has 3 rings (SSSR count). The van der Waals surface area contributed by atoms with Gasteiger partial charge in [-0.25, -0.2) is 8.42 Å². The SMILES string of the molecule is CCN(Cc1cnccn1)C(=O)CN(c1cc(N(C)C)ccc1Cl)S(=O)(=O)c1ccc(OC)c(OC)c1. The summed E-state index contributed by atoms with van der Waals surface area (Å²) < 4.78 is 39.6. The molecule has 0 aliphatic rings. The van der Waals surface area contributed by atoms with Gasteiger partial charge in [0.15, 0.2) is 11.5 Å². The lowest BCUT2D eigenvalue weighted by Crippen LogP contribution is -2.43. The van der Waals surface area contributed by atoms with Gasteiger partial charge in [-0.3, -0.25) is 19.1 Å². The third-order valence-corrected chi connectivity index (χ3v) is 7.72. The highest BCUT2D eigenvalue weighted by Crippen LogP contribution is 2.36. The van der Waals surface area contributed by atoms with Crippen LogP contribution in [0.3, 0.4) is 0 Å². The molecule has 12 heteroatoms. The Morgan fingerprint density at radius 2 is 1.76 bits per heavy atom. The van der Waals surface area contributed by atoms with Crippen LogP contribution in [0.4, 0.5) is 11.4 Å². The molecule has 0 atom stereocenters. The second kappa shape index (κ2) is 12.1. The minimum absolute atomic E-state index is 0.0822. The molecule has 0 aliphatic carbocycles. The second-order valence-corrected chi connectivity index (χ2v) is 10.4. The molecule has 0 unspecified atom stereocenters. The summed E-state index contributed by atoms with van der Waals surface area (Å²) in [4.78, 5) is 25.0. The van der Waals surface area contributed by atoms with Crippen LogP contribution in [-0.2, 0) is 21.4 Å². The number of halogens is 1. The molecule has 1 amide bonds. The van der Waals surface area contributed by atoms with Crippen LogP contribution in [0.1, 0.15) is 12.6 Å². The van der Waals surface area contributed by atoms with Gasteiger partial charge in [-0.15, -0.1) is 0 Å². The van der Waals surface area contributed by atoms with Gasteiger partial charge in [-0.1, -0.05) is 11.6 Å². The van der Waals surface area contributed by atoms with Gasteiger partial charge in [0.1, 0.15) is 6.54 Å². The number of carbonyl (C=O) groups excluding carboxylic acids is 1. The van der Waals surface area contributed by atoms with Crippen molar-refractivity contribution < 1.29 is 22.7 Å². The van der Waals surface area contributed by atoms with E-state index in [-0.39, 0.29) is 27.9 Å².